The fourth-order valence-corrected chi connectivity index (χ4v) is 0.722. The molecule has 0 aliphatic carbocycles. The molecule has 1 heterocycles. The van der Waals surface area contributed by atoms with Crippen LogP contribution in [-0.4, -0.2) is 31.9 Å². The van der Waals surface area contributed by atoms with E-state index in [1.807, 2.05) is 0 Å². The third kappa shape index (κ3) is 2.51. The SMILES string of the molecule is CC(OCc1ncnn1C)C(=O)O. The molecular formula is C7H11N3O3. The van der Waals surface area contributed by atoms with Crippen LogP contribution < -0.4 is 0 Å². The van der Waals surface area contributed by atoms with E-state index >= 15 is 0 Å². The van der Waals surface area contributed by atoms with E-state index in [9.17, 15) is 4.79 Å². The Kier molecular flexibility index (Phi) is 2.97. The van der Waals surface area contributed by atoms with Gasteiger partial charge in [0.15, 0.2) is 11.9 Å². The van der Waals surface area contributed by atoms with E-state index in [1.54, 1.807) is 7.05 Å². The van der Waals surface area contributed by atoms with Crippen molar-refractivity contribution in [2.75, 3.05) is 0 Å². The van der Waals surface area contributed by atoms with Crippen LogP contribution in [0.5, 0.6) is 0 Å². The molecule has 1 aromatic rings. The summed E-state index contributed by atoms with van der Waals surface area (Å²) in [6.07, 6.45) is 0.570. The van der Waals surface area contributed by atoms with Gasteiger partial charge in [0.1, 0.15) is 12.9 Å². The Balaban J connectivity index is 2.44. The van der Waals surface area contributed by atoms with Crippen LogP contribution in [0.15, 0.2) is 6.33 Å². The summed E-state index contributed by atoms with van der Waals surface area (Å²) >= 11 is 0. The number of aliphatic carboxylic acids is 1. The minimum atomic E-state index is -0.984. The van der Waals surface area contributed by atoms with Gasteiger partial charge >= 0.3 is 5.97 Å². The smallest absolute Gasteiger partial charge is 0.332 e. The van der Waals surface area contributed by atoms with Gasteiger partial charge < -0.3 is 9.84 Å². The van der Waals surface area contributed by atoms with E-state index in [1.165, 1.54) is 17.9 Å². The van der Waals surface area contributed by atoms with Gasteiger partial charge in [-0.25, -0.2) is 9.78 Å². The Morgan fingerprint density at radius 2 is 2.54 bits per heavy atom. The number of carbonyl (C=O) groups is 1. The van der Waals surface area contributed by atoms with E-state index in [0.717, 1.165) is 0 Å². The van der Waals surface area contributed by atoms with Crippen molar-refractivity contribution in [3.05, 3.63) is 12.2 Å². The quantitative estimate of drug-likeness (QED) is 0.703. The lowest BCUT2D eigenvalue weighted by atomic mass is 10.4. The minimum absolute atomic E-state index is 0.157. The predicted octanol–water partition coefficient (Wildman–Crippen LogP) is -0.195. The molecule has 1 N–H and O–H groups in total. The van der Waals surface area contributed by atoms with E-state index in [-0.39, 0.29) is 6.61 Å². The van der Waals surface area contributed by atoms with Crippen molar-refractivity contribution < 1.29 is 14.6 Å². The molecular weight excluding hydrogens is 174 g/mol. The van der Waals surface area contributed by atoms with Crippen LogP contribution in [0, 0.1) is 0 Å². The molecule has 0 spiro atoms. The zero-order valence-electron chi connectivity index (χ0n) is 7.47. The lowest BCUT2D eigenvalue weighted by Crippen LogP contribution is -2.20. The second-order valence-electron chi connectivity index (χ2n) is 2.59. The van der Waals surface area contributed by atoms with Crippen molar-refractivity contribution in [2.24, 2.45) is 7.05 Å². The summed E-state index contributed by atoms with van der Waals surface area (Å²) in [4.78, 5) is 14.3. The maximum atomic E-state index is 10.4. The first-order chi connectivity index (χ1) is 6.11. The summed E-state index contributed by atoms with van der Waals surface area (Å²) < 4.78 is 6.54. The van der Waals surface area contributed by atoms with Crippen LogP contribution >= 0.6 is 0 Å². The number of carboxylic acid groups (broad SMARTS) is 1. The Labute approximate surface area is 75.2 Å². The van der Waals surface area contributed by atoms with Gasteiger partial charge in [0, 0.05) is 7.05 Å². The highest BCUT2D eigenvalue weighted by Crippen LogP contribution is 1.98. The van der Waals surface area contributed by atoms with Crippen LogP contribution in [0.4, 0.5) is 0 Å². The van der Waals surface area contributed by atoms with Gasteiger partial charge in [-0.05, 0) is 6.92 Å². The molecule has 6 heteroatoms. The standard InChI is InChI=1S/C7H11N3O3/c1-5(7(11)12)13-3-6-8-4-9-10(6)2/h4-5H,3H2,1-2H3,(H,11,12). The first-order valence-electron chi connectivity index (χ1n) is 3.78. The number of ether oxygens (including phenoxy) is 1. The summed E-state index contributed by atoms with van der Waals surface area (Å²) in [5.41, 5.74) is 0. The number of hydrogen-bond donors (Lipinski definition) is 1. The second-order valence-corrected chi connectivity index (χ2v) is 2.59. The third-order valence-electron chi connectivity index (χ3n) is 1.62. The molecule has 13 heavy (non-hydrogen) atoms. The van der Waals surface area contributed by atoms with Gasteiger partial charge in [0.2, 0.25) is 0 Å². The second kappa shape index (κ2) is 3.99. The average Bonchev–Trinajstić information content (AvgIpc) is 2.47. The molecule has 6 nitrogen and oxygen atoms in total. The molecule has 0 amide bonds. The molecule has 0 saturated heterocycles. The van der Waals surface area contributed by atoms with Crippen LogP contribution in [0.3, 0.4) is 0 Å². The summed E-state index contributed by atoms with van der Waals surface area (Å²) in [5, 5.41) is 12.3. The van der Waals surface area contributed by atoms with Gasteiger partial charge in [0.05, 0.1) is 0 Å². The number of nitrogens with zero attached hydrogens (tertiary/aromatic N) is 3. The lowest BCUT2D eigenvalue weighted by molar-refractivity contribution is -0.150. The summed E-state index contributed by atoms with van der Waals surface area (Å²) in [6, 6.07) is 0. The molecule has 1 unspecified atom stereocenters. The van der Waals surface area contributed by atoms with Crippen molar-refractivity contribution in [1.29, 1.82) is 0 Å². The maximum absolute atomic E-state index is 10.4. The van der Waals surface area contributed by atoms with Gasteiger partial charge in [-0.1, -0.05) is 0 Å². The third-order valence-corrected chi connectivity index (χ3v) is 1.62. The predicted molar refractivity (Wildman–Crippen MR) is 42.9 cm³/mol. The van der Waals surface area contributed by atoms with Gasteiger partial charge in [-0.2, -0.15) is 5.10 Å². The van der Waals surface area contributed by atoms with Crippen molar-refractivity contribution in [3.63, 3.8) is 0 Å². The highest BCUT2D eigenvalue weighted by Gasteiger charge is 2.12. The highest BCUT2D eigenvalue weighted by atomic mass is 16.5. The summed E-state index contributed by atoms with van der Waals surface area (Å²) in [6.45, 7) is 1.63. The molecule has 1 aromatic heterocycles. The van der Waals surface area contributed by atoms with Crippen LogP contribution in [-0.2, 0) is 23.2 Å². The van der Waals surface area contributed by atoms with E-state index in [4.69, 9.17) is 9.84 Å². The molecule has 1 rings (SSSR count). The van der Waals surface area contributed by atoms with Crippen molar-refractivity contribution in [3.8, 4) is 0 Å². The Bertz CT molecular complexity index is 297. The van der Waals surface area contributed by atoms with E-state index in [0.29, 0.717) is 5.82 Å². The topological polar surface area (TPSA) is 77.2 Å². The number of aromatic nitrogens is 3. The molecule has 0 aliphatic heterocycles. The molecule has 0 aliphatic rings. The van der Waals surface area contributed by atoms with E-state index < -0.39 is 12.1 Å². The number of rotatable bonds is 4. The summed E-state index contributed by atoms with van der Waals surface area (Å²) in [7, 11) is 1.72. The number of hydrogen-bond acceptors (Lipinski definition) is 4. The normalized spacial score (nSPS) is 12.8. The number of aryl methyl sites for hydroxylation is 1. The monoisotopic (exact) mass is 185 g/mol. The average molecular weight is 185 g/mol. The first kappa shape index (κ1) is 9.66. The van der Waals surface area contributed by atoms with Crippen molar-refractivity contribution in [2.45, 2.75) is 19.6 Å². The maximum Gasteiger partial charge on any atom is 0.332 e. The lowest BCUT2D eigenvalue weighted by Gasteiger charge is -2.06. The van der Waals surface area contributed by atoms with E-state index in [2.05, 4.69) is 10.1 Å². The number of carboxylic acids is 1. The molecule has 72 valence electrons. The fraction of sp³-hybridized carbons (Fsp3) is 0.571. The summed E-state index contributed by atoms with van der Waals surface area (Å²) in [5.74, 6) is -0.379. The van der Waals surface area contributed by atoms with Gasteiger partial charge in [0.25, 0.3) is 0 Å². The fourth-order valence-electron chi connectivity index (χ4n) is 0.722. The molecule has 0 bridgehead atoms. The van der Waals surface area contributed by atoms with Gasteiger partial charge in [-0.15, -0.1) is 0 Å². The van der Waals surface area contributed by atoms with Gasteiger partial charge in [-0.3, -0.25) is 4.68 Å². The molecule has 1 atom stereocenters. The van der Waals surface area contributed by atoms with Crippen molar-refractivity contribution >= 4 is 5.97 Å². The Morgan fingerprint density at radius 3 is 3.00 bits per heavy atom. The highest BCUT2D eigenvalue weighted by molar-refractivity contribution is 5.71. The Hall–Kier alpha value is -1.43. The van der Waals surface area contributed by atoms with Crippen molar-refractivity contribution in [1.82, 2.24) is 14.8 Å². The molecule has 0 saturated carbocycles. The zero-order valence-corrected chi connectivity index (χ0v) is 7.47. The molecule has 0 aromatic carbocycles. The van der Waals surface area contributed by atoms with Crippen LogP contribution in [0.25, 0.3) is 0 Å². The van der Waals surface area contributed by atoms with Crippen LogP contribution in [0.2, 0.25) is 0 Å². The largest absolute Gasteiger partial charge is 0.479 e. The minimum Gasteiger partial charge on any atom is -0.479 e. The Morgan fingerprint density at radius 1 is 1.85 bits per heavy atom. The molecule has 0 fully saturated rings. The first-order valence-corrected chi connectivity index (χ1v) is 3.78. The zero-order chi connectivity index (χ0) is 9.84. The molecule has 0 radical (unpaired) electrons. The van der Waals surface area contributed by atoms with Crippen LogP contribution in [0.1, 0.15) is 12.7 Å².